The predicted octanol–water partition coefficient (Wildman–Crippen LogP) is 2.63. The Balaban J connectivity index is 1.45. The third-order valence-electron chi connectivity index (χ3n) is 8.33. The van der Waals surface area contributed by atoms with Gasteiger partial charge in [0.05, 0.1) is 6.20 Å². The highest BCUT2D eigenvalue weighted by molar-refractivity contribution is 5.97. The molecular formula is C28H40N6O4. The standard InChI is InChI=1S/C28H40N6O4/c1-18(2)17-32-25-20(16-29-34(25)27(38)23(26(32)37)24(36)30-21-7-8-21)6-9-22(35)33-13-5-10-28(33)11-14-31(15-12-28)19(3)4/h6,9,16,18-19,21,37H,5,7-8,10-15,17H2,1-4H3,(H,30,36). The average molecular weight is 525 g/mol. The number of hydrogen-bond acceptors (Lipinski definition) is 6. The van der Waals surface area contributed by atoms with Crippen LogP contribution in [0.2, 0.25) is 0 Å². The number of fused-ring (bicyclic) bond motifs is 1. The minimum absolute atomic E-state index is 0.0396. The summed E-state index contributed by atoms with van der Waals surface area (Å²) >= 11 is 0. The third kappa shape index (κ3) is 4.86. The van der Waals surface area contributed by atoms with Crippen molar-refractivity contribution in [2.75, 3.05) is 19.6 Å². The van der Waals surface area contributed by atoms with Gasteiger partial charge in [-0.2, -0.15) is 9.61 Å². The summed E-state index contributed by atoms with van der Waals surface area (Å²) in [4.78, 5) is 44.0. The SMILES string of the molecule is CC(C)Cn1c(O)c(C(=O)NC2CC2)c(=O)n2ncc(C=CC(=O)N3CCCC34CCN(C(C)C)CC4)c12. The molecular weight excluding hydrogens is 484 g/mol. The molecule has 38 heavy (non-hydrogen) atoms. The van der Waals surface area contributed by atoms with Crippen molar-refractivity contribution in [2.45, 2.75) is 90.4 Å². The lowest BCUT2D eigenvalue weighted by Crippen LogP contribution is -2.54. The Morgan fingerprint density at radius 2 is 1.87 bits per heavy atom. The summed E-state index contributed by atoms with van der Waals surface area (Å²) < 4.78 is 2.72. The highest BCUT2D eigenvalue weighted by Crippen LogP contribution is 2.39. The van der Waals surface area contributed by atoms with E-state index in [-0.39, 0.29) is 34.8 Å². The first-order valence-electron chi connectivity index (χ1n) is 14.0. The Kier molecular flexibility index (Phi) is 7.11. The molecule has 2 aliphatic heterocycles. The Morgan fingerprint density at radius 3 is 2.50 bits per heavy atom. The van der Waals surface area contributed by atoms with E-state index in [0.717, 1.165) is 62.7 Å². The normalized spacial score (nSPS) is 20.0. The number of nitrogens with zero attached hydrogens (tertiary/aromatic N) is 5. The second kappa shape index (κ2) is 10.2. The molecule has 3 fully saturated rings. The van der Waals surface area contributed by atoms with Crippen LogP contribution < -0.4 is 10.9 Å². The lowest BCUT2D eigenvalue weighted by Gasteiger charge is -2.45. The number of rotatable bonds is 7. The number of piperidine rings is 1. The van der Waals surface area contributed by atoms with Gasteiger partial charge >= 0.3 is 0 Å². The highest BCUT2D eigenvalue weighted by atomic mass is 16.3. The predicted molar refractivity (Wildman–Crippen MR) is 145 cm³/mol. The zero-order chi connectivity index (χ0) is 27.2. The fraction of sp³-hybridized carbons (Fsp3) is 0.643. The minimum Gasteiger partial charge on any atom is -0.494 e. The molecule has 2 aromatic rings. The van der Waals surface area contributed by atoms with Crippen LogP contribution in [-0.2, 0) is 11.3 Å². The van der Waals surface area contributed by atoms with Crippen molar-refractivity contribution in [3.63, 3.8) is 0 Å². The van der Waals surface area contributed by atoms with Crippen molar-refractivity contribution >= 4 is 23.5 Å². The van der Waals surface area contributed by atoms with E-state index < -0.39 is 11.5 Å². The quantitative estimate of drug-likeness (QED) is 0.539. The van der Waals surface area contributed by atoms with Crippen molar-refractivity contribution in [1.82, 2.24) is 29.3 Å². The van der Waals surface area contributed by atoms with E-state index in [1.165, 1.54) is 6.20 Å². The summed E-state index contributed by atoms with van der Waals surface area (Å²) in [5.41, 5.74) is -0.142. The van der Waals surface area contributed by atoms with E-state index in [0.29, 0.717) is 23.8 Å². The minimum atomic E-state index is -0.669. The molecule has 2 amide bonds. The molecule has 3 aliphatic rings. The Morgan fingerprint density at radius 1 is 1.16 bits per heavy atom. The topological polar surface area (TPSA) is 112 Å². The van der Waals surface area contributed by atoms with Crippen LogP contribution in [0.15, 0.2) is 17.1 Å². The van der Waals surface area contributed by atoms with Crippen molar-refractivity contribution in [3.05, 3.63) is 33.8 Å². The van der Waals surface area contributed by atoms with Gasteiger partial charge in [-0.3, -0.25) is 19.0 Å². The maximum atomic E-state index is 13.4. The maximum absolute atomic E-state index is 13.4. The second-order valence-electron chi connectivity index (χ2n) is 11.9. The molecule has 2 saturated heterocycles. The molecule has 0 unspecified atom stereocenters. The molecule has 0 radical (unpaired) electrons. The largest absolute Gasteiger partial charge is 0.494 e. The van der Waals surface area contributed by atoms with Crippen LogP contribution in [0, 0.1) is 5.92 Å². The van der Waals surface area contributed by atoms with Gasteiger partial charge in [-0.05, 0) is 64.4 Å². The lowest BCUT2D eigenvalue weighted by atomic mass is 9.84. The van der Waals surface area contributed by atoms with Crippen molar-refractivity contribution < 1.29 is 14.7 Å². The first-order chi connectivity index (χ1) is 18.1. The Hall–Kier alpha value is -3.14. The Bertz CT molecular complexity index is 1310. The smallest absolute Gasteiger partial charge is 0.291 e. The van der Waals surface area contributed by atoms with Gasteiger partial charge in [-0.1, -0.05) is 13.8 Å². The lowest BCUT2D eigenvalue weighted by molar-refractivity contribution is -0.131. The zero-order valence-corrected chi connectivity index (χ0v) is 22.9. The molecule has 0 atom stereocenters. The van der Waals surface area contributed by atoms with Gasteiger partial charge in [0.1, 0.15) is 5.65 Å². The van der Waals surface area contributed by atoms with Crippen LogP contribution in [0.4, 0.5) is 0 Å². The summed E-state index contributed by atoms with van der Waals surface area (Å²) in [6.07, 6.45) is 10.5. The zero-order valence-electron chi connectivity index (χ0n) is 22.9. The van der Waals surface area contributed by atoms with Crippen molar-refractivity contribution in [2.24, 2.45) is 5.92 Å². The molecule has 1 spiro atoms. The molecule has 1 aliphatic carbocycles. The molecule has 10 nitrogen and oxygen atoms in total. The number of amides is 2. The average Bonchev–Trinajstić information content (AvgIpc) is 3.43. The Labute approximate surface area is 223 Å². The molecule has 206 valence electrons. The number of hydrogen-bond donors (Lipinski definition) is 2. The van der Waals surface area contributed by atoms with Crippen molar-refractivity contribution in [3.8, 4) is 5.88 Å². The fourth-order valence-electron chi connectivity index (χ4n) is 6.06. The molecule has 5 rings (SSSR count). The summed E-state index contributed by atoms with van der Waals surface area (Å²) in [6, 6.07) is 0.553. The van der Waals surface area contributed by atoms with E-state index >= 15 is 0 Å². The number of nitrogens with one attached hydrogen (secondary N) is 1. The fourth-order valence-corrected chi connectivity index (χ4v) is 6.06. The van der Waals surface area contributed by atoms with Crippen LogP contribution in [0.3, 0.4) is 0 Å². The van der Waals surface area contributed by atoms with Gasteiger partial charge in [0, 0.05) is 55.4 Å². The highest BCUT2D eigenvalue weighted by Gasteiger charge is 2.45. The monoisotopic (exact) mass is 524 g/mol. The van der Waals surface area contributed by atoms with Gasteiger partial charge in [0.15, 0.2) is 5.56 Å². The number of carbonyl (C=O) groups excluding carboxylic acids is 2. The van der Waals surface area contributed by atoms with Crippen LogP contribution in [0.1, 0.15) is 82.1 Å². The first-order valence-corrected chi connectivity index (χ1v) is 14.0. The van der Waals surface area contributed by atoms with Gasteiger partial charge in [0.2, 0.25) is 11.8 Å². The van der Waals surface area contributed by atoms with Gasteiger partial charge in [0.25, 0.3) is 11.5 Å². The van der Waals surface area contributed by atoms with Gasteiger partial charge < -0.3 is 20.2 Å². The van der Waals surface area contributed by atoms with E-state index in [2.05, 4.69) is 29.2 Å². The summed E-state index contributed by atoms with van der Waals surface area (Å²) in [7, 11) is 0. The number of aromatic nitrogens is 3. The third-order valence-corrected chi connectivity index (χ3v) is 8.33. The summed E-state index contributed by atoms with van der Waals surface area (Å²) in [5.74, 6) is -0.866. The second-order valence-corrected chi connectivity index (χ2v) is 11.9. The van der Waals surface area contributed by atoms with Crippen LogP contribution in [0.5, 0.6) is 5.88 Å². The van der Waals surface area contributed by atoms with Crippen LogP contribution >= 0.6 is 0 Å². The van der Waals surface area contributed by atoms with Crippen LogP contribution in [-0.4, -0.2) is 78.2 Å². The number of carbonyl (C=O) groups is 2. The maximum Gasteiger partial charge on any atom is 0.291 e. The molecule has 10 heteroatoms. The molecule has 0 aromatic carbocycles. The molecule has 2 aromatic heterocycles. The van der Waals surface area contributed by atoms with E-state index in [1.54, 1.807) is 16.7 Å². The van der Waals surface area contributed by atoms with E-state index in [1.807, 2.05) is 18.7 Å². The number of aromatic hydroxyl groups is 1. The van der Waals surface area contributed by atoms with E-state index in [4.69, 9.17) is 0 Å². The van der Waals surface area contributed by atoms with E-state index in [9.17, 15) is 19.5 Å². The van der Waals surface area contributed by atoms with Gasteiger partial charge in [-0.15, -0.1) is 0 Å². The summed E-state index contributed by atoms with van der Waals surface area (Å²) in [6.45, 7) is 11.5. The van der Waals surface area contributed by atoms with Crippen LogP contribution in [0.25, 0.3) is 11.7 Å². The molecule has 1 saturated carbocycles. The molecule has 4 heterocycles. The molecule has 0 bridgehead atoms. The first kappa shape index (κ1) is 26.5. The van der Waals surface area contributed by atoms with Crippen molar-refractivity contribution in [1.29, 1.82) is 0 Å². The molecule has 2 N–H and O–H groups in total. The van der Waals surface area contributed by atoms with Gasteiger partial charge in [-0.25, -0.2) is 0 Å². The summed E-state index contributed by atoms with van der Waals surface area (Å²) in [5, 5.41) is 18.1. The number of likely N-dealkylation sites (tertiary alicyclic amines) is 2.